The smallest absolute Gasteiger partial charge is 0.259 e. The average molecular weight is 484 g/mol. The molecule has 0 N–H and O–H groups in total. The molecule has 1 aliphatic rings. The first-order chi connectivity index (χ1) is 16.1. The lowest BCUT2D eigenvalue weighted by atomic mass is 9.99. The fraction of sp³-hybridized carbons (Fsp3) is 0.440. The van der Waals surface area contributed by atoms with Gasteiger partial charge < -0.3 is 9.47 Å². The van der Waals surface area contributed by atoms with Crippen molar-refractivity contribution in [2.24, 2.45) is 7.05 Å². The Hall–Kier alpha value is -2.91. The van der Waals surface area contributed by atoms with E-state index in [-0.39, 0.29) is 19.0 Å². The van der Waals surface area contributed by atoms with E-state index in [1.165, 1.54) is 4.31 Å². The minimum Gasteiger partial charge on any atom is -0.336 e. The second-order valence-corrected chi connectivity index (χ2v) is 11.0. The summed E-state index contributed by atoms with van der Waals surface area (Å²) in [6.07, 6.45) is 2.60. The maximum absolute atomic E-state index is 13.4. The molecule has 0 bridgehead atoms. The monoisotopic (exact) mass is 483 g/mol. The molecular formula is C25H33N5O3S. The van der Waals surface area contributed by atoms with Crippen LogP contribution in [0.2, 0.25) is 0 Å². The number of sulfonamides is 1. The Balaban J connectivity index is 1.49. The molecule has 0 spiro atoms. The largest absolute Gasteiger partial charge is 0.336 e. The first kappa shape index (κ1) is 24.2. The molecule has 182 valence electrons. The van der Waals surface area contributed by atoms with Gasteiger partial charge in [0, 0.05) is 44.6 Å². The SMILES string of the molecule is CCC(C)c1ccc(S(=O)(=O)N2CCN(C(=O)c3cnn(C)c3-n3c(C)ccc3C)CC2)cc1. The maximum Gasteiger partial charge on any atom is 0.259 e. The fourth-order valence-electron chi connectivity index (χ4n) is 4.50. The van der Waals surface area contributed by atoms with Gasteiger partial charge in [-0.2, -0.15) is 9.40 Å². The third-order valence-corrected chi connectivity index (χ3v) is 8.76. The van der Waals surface area contributed by atoms with Crippen LogP contribution in [0.3, 0.4) is 0 Å². The van der Waals surface area contributed by atoms with E-state index in [0.29, 0.717) is 29.5 Å². The predicted octanol–water partition coefficient (Wildman–Crippen LogP) is 3.49. The quantitative estimate of drug-likeness (QED) is 0.538. The molecule has 0 aliphatic carbocycles. The molecular weight excluding hydrogens is 450 g/mol. The van der Waals surface area contributed by atoms with Crippen LogP contribution in [0, 0.1) is 13.8 Å². The Kier molecular flexibility index (Phi) is 6.69. The normalized spacial score (nSPS) is 16.1. The summed E-state index contributed by atoms with van der Waals surface area (Å²) in [6, 6.07) is 11.2. The molecule has 9 heteroatoms. The number of piperazine rings is 1. The van der Waals surface area contributed by atoms with Crippen molar-refractivity contribution in [3.05, 3.63) is 65.1 Å². The maximum atomic E-state index is 13.4. The van der Waals surface area contributed by atoms with Gasteiger partial charge in [-0.05, 0) is 56.0 Å². The third-order valence-electron chi connectivity index (χ3n) is 6.85. The standard InChI is InChI=1S/C25H33N5O3S/c1-6-18(2)21-9-11-22(12-10-21)34(32,33)29-15-13-28(14-16-29)25(31)23-17-26-27(5)24(23)30-19(3)7-8-20(30)4/h7-12,17-18H,6,13-16H2,1-5H3. The molecule has 0 saturated carbocycles. The Morgan fingerprint density at radius 3 is 2.15 bits per heavy atom. The van der Waals surface area contributed by atoms with Crippen LogP contribution in [0.1, 0.15) is 53.5 Å². The van der Waals surface area contributed by atoms with E-state index in [9.17, 15) is 13.2 Å². The molecule has 1 fully saturated rings. The fourth-order valence-corrected chi connectivity index (χ4v) is 5.93. The van der Waals surface area contributed by atoms with Gasteiger partial charge in [0.25, 0.3) is 5.91 Å². The van der Waals surface area contributed by atoms with E-state index in [0.717, 1.165) is 29.2 Å². The van der Waals surface area contributed by atoms with Crippen molar-refractivity contribution >= 4 is 15.9 Å². The molecule has 3 aromatic rings. The molecule has 1 aliphatic heterocycles. The first-order valence-electron chi connectivity index (χ1n) is 11.7. The number of rotatable bonds is 6. The highest BCUT2D eigenvalue weighted by Gasteiger charge is 2.32. The number of benzene rings is 1. The van der Waals surface area contributed by atoms with Gasteiger partial charge in [-0.3, -0.25) is 9.48 Å². The van der Waals surface area contributed by atoms with Crippen LogP contribution in [-0.4, -0.2) is 64.1 Å². The summed E-state index contributed by atoms with van der Waals surface area (Å²) in [5.74, 6) is 0.981. The van der Waals surface area contributed by atoms with Crippen LogP contribution in [0.4, 0.5) is 0 Å². The van der Waals surface area contributed by atoms with Crippen LogP contribution < -0.4 is 0 Å². The third kappa shape index (κ3) is 4.30. The van der Waals surface area contributed by atoms with Crippen molar-refractivity contribution in [1.29, 1.82) is 0 Å². The van der Waals surface area contributed by atoms with Gasteiger partial charge in [-0.15, -0.1) is 0 Å². The number of aryl methyl sites for hydroxylation is 3. The van der Waals surface area contributed by atoms with Gasteiger partial charge in [0.1, 0.15) is 11.4 Å². The van der Waals surface area contributed by atoms with E-state index in [4.69, 9.17) is 0 Å². The van der Waals surface area contributed by atoms with E-state index in [2.05, 4.69) is 18.9 Å². The molecule has 2 aromatic heterocycles. The van der Waals surface area contributed by atoms with Crippen LogP contribution in [0.15, 0.2) is 47.5 Å². The van der Waals surface area contributed by atoms with Crippen molar-refractivity contribution in [2.45, 2.75) is 44.9 Å². The Bertz CT molecular complexity index is 1260. The van der Waals surface area contributed by atoms with Crippen LogP contribution in [0.25, 0.3) is 5.82 Å². The Morgan fingerprint density at radius 1 is 1.00 bits per heavy atom. The average Bonchev–Trinajstić information content (AvgIpc) is 3.38. The van der Waals surface area contributed by atoms with Crippen LogP contribution in [-0.2, 0) is 17.1 Å². The summed E-state index contributed by atoms with van der Waals surface area (Å²) < 4.78 is 31.6. The molecule has 1 amide bonds. The minimum absolute atomic E-state index is 0.134. The molecule has 3 heterocycles. The second kappa shape index (κ2) is 9.38. The lowest BCUT2D eigenvalue weighted by Crippen LogP contribution is -2.50. The van der Waals surface area contributed by atoms with Crippen LogP contribution >= 0.6 is 0 Å². The first-order valence-corrected chi connectivity index (χ1v) is 13.2. The van der Waals surface area contributed by atoms with Crippen molar-refractivity contribution in [3.8, 4) is 5.82 Å². The highest BCUT2D eigenvalue weighted by atomic mass is 32.2. The van der Waals surface area contributed by atoms with Crippen molar-refractivity contribution < 1.29 is 13.2 Å². The van der Waals surface area contributed by atoms with E-state index in [1.54, 1.807) is 27.9 Å². The van der Waals surface area contributed by atoms with Gasteiger partial charge in [-0.1, -0.05) is 26.0 Å². The number of carbonyl (C=O) groups excluding carboxylic acids is 1. The number of hydrogen-bond acceptors (Lipinski definition) is 4. The highest BCUT2D eigenvalue weighted by Crippen LogP contribution is 2.25. The molecule has 1 aromatic carbocycles. The zero-order valence-corrected chi connectivity index (χ0v) is 21.3. The molecule has 8 nitrogen and oxygen atoms in total. The van der Waals surface area contributed by atoms with Crippen molar-refractivity contribution in [3.63, 3.8) is 0 Å². The summed E-state index contributed by atoms with van der Waals surface area (Å²) in [5, 5.41) is 4.33. The predicted molar refractivity (Wildman–Crippen MR) is 132 cm³/mol. The van der Waals surface area contributed by atoms with E-state index >= 15 is 0 Å². The Labute approximate surface area is 201 Å². The number of hydrogen-bond donors (Lipinski definition) is 0. The van der Waals surface area contributed by atoms with Gasteiger partial charge >= 0.3 is 0 Å². The number of nitrogens with zero attached hydrogens (tertiary/aromatic N) is 5. The lowest BCUT2D eigenvalue weighted by molar-refractivity contribution is 0.0698. The minimum atomic E-state index is -3.60. The molecule has 1 saturated heterocycles. The lowest BCUT2D eigenvalue weighted by Gasteiger charge is -2.34. The number of aromatic nitrogens is 3. The van der Waals surface area contributed by atoms with E-state index in [1.807, 2.05) is 49.7 Å². The summed E-state index contributed by atoms with van der Waals surface area (Å²) in [4.78, 5) is 15.4. The Morgan fingerprint density at radius 2 is 1.59 bits per heavy atom. The molecule has 0 radical (unpaired) electrons. The summed E-state index contributed by atoms with van der Waals surface area (Å²) in [5.41, 5.74) is 3.69. The van der Waals surface area contributed by atoms with Gasteiger partial charge in [-0.25, -0.2) is 8.42 Å². The molecule has 1 atom stereocenters. The zero-order valence-electron chi connectivity index (χ0n) is 20.5. The topological polar surface area (TPSA) is 80.4 Å². The number of carbonyl (C=O) groups is 1. The van der Waals surface area contributed by atoms with Crippen molar-refractivity contribution in [2.75, 3.05) is 26.2 Å². The van der Waals surface area contributed by atoms with E-state index < -0.39 is 10.0 Å². The van der Waals surface area contributed by atoms with Crippen molar-refractivity contribution in [1.82, 2.24) is 23.6 Å². The summed E-state index contributed by atoms with van der Waals surface area (Å²) >= 11 is 0. The van der Waals surface area contributed by atoms with Crippen LogP contribution in [0.5, 0.6) is 0 Å². The van der Waals surface area contributed by atoms with Gasteiger partial charge in [0.2, 0.25) is 10.0 Å². The molecule has 4 rings (SSSR count). The zero-order chi connectivity index (χ0) is 24.6. The summed E-state index contributed by atoms with van der Waals surface area (Å²) in [7, 11) is -1.78. The van der Waals surface area contributed by atoms with Gasteiger partial charge in [0.05, 0.1) is 11.1 Å². The highest BCUT2D eigenvalue weighted by molar-refractivity contribution is 7.89. The van der Waals surface area contributed by atoms with Gasteiger partial charge in [0.15, 0.2) is 0 Å². The second-order valence-electron chi connectivity index (χ2n) is 9.03. The molecule has 34 heavy (non-hydrogen) atoms. The molecule has 1 unspecified atom stereocenters. The summed E-state index contributed by atoms with van der Waals surface area (Å²) in [6.45, 7) is 9.43. The number of amides is 1.